The van der Waals surface area contributed by atoms with Crippen LogP contribution >= 0.6 is 0 Å². The van der Waals surface area contributed by atoms with Gasteiger partial charge in [-0.3, -0.25) is 5.32 Å². The predicted octanol–water partition coefficient (Wildman–Crippen LogP) is 5.72. The van der Waals surface area contributed by atoms with Crippen molar-refractivity contribution >= 4 is 11.8 Å². The second-order valence-electron chi connectivity index (χ2n) is 11.3. The zero-order chi connectivity index (χ0) is 24.3. The highest BCUT2D eigenvalue weighted by Gasteiger charge is 2.32. The largest absolute Gasteiger partial charge is 0.356 e. The van der Waals surface area contributed by atoms with E-state index in [1.54, 1.807) is 0 Å². The Bertz CT molecular complexity index is 745. The minimum atomic E-state index is 0.136. The Balaban J connectivity index is 1.47. The first-order valence-electron chi connectivity index (χ1n) is 15.2. The molecular formula is C29H52N6. The molecule has 1 aromatic rings. The third-order valence-electron chi connectivity index (χ3n) is 8.37. The molecule has 2 atom stereocenters. The highest BCUT2D eigenvalue weighted by atomic mass is 15.4. The number of unbranched alkanes of at least 4 members (excludes halogenated alkanes) is 6. The van der Waals surface area contributed by atoms with Gasteiger partial charge >= 0.3 is 0 Å². The summed E-state index contributed by atoms with van der Waals surface area (Å²) in [6.07, 6.45) is 23.0. The van der Waals surface area contributed by atoms with Crippen molar-refractivity contribution in [2.75, 3.05) is 36.0 Å². The number of aromatic nitrogens is 2. The fourth-order valence-corrected chi connectivity index (χ4v) is 6.25. The average Bonchev–Trinajstić information content (AvgIpc) is 3.29. The van der Waals surface area contributed by atoms with Crippen LogP contribution in [0, 0.1) is 0 Å². The fraction of sp³-hybridized carbons (Fsp3) is 0.862. The number of hydrogen-bond donors (Lipinski definition) is 2. The number of fused-ring (bicyclic) bond motifs is 1. The standard InChI is InChI=1S/C29H52N6/c1-2-3-4-5-6-7-13-20-31-28-25(30)18-16-23-35(28)29-32-26-19-12-10-11-17-24(26)27(33-29)34-21-14-8-9-15-22-34/h25,28,31H,2-23,30H2,1H3. The van der Waals surface area contributed by atoms with Crippen LogP contribution in [0.25, 0.3) is 0 Å². The zero-order valence-electron chi connectivity index (χ0n) is 22.6. The number of hydrogen-bond acceptors (Lipinski definition) is 6. The van der Waals surface area contributed by atoms with E-state index in [4.69, 9.17) is 15.7 Å². The summed E-state index contributed by atoms with van der Waals surface area (Å²) >= 11 is 0. The summed E-state index contributed by atoms with van der Waals surface area (Å²) in [4.78, 5) is 15.6. The van der Waals surface area contributed by atoms with Crippen LogP contribution in [0.15, 0.2) is 0 Å². The first kappa shape index (κ1) is 26.7. The van der Waals surface area contributed by atoms with Crippen LogP contribution in [0.3, 0.4) is 0 Å². The van der Waals surface area contributed by atoms with Crippen LogP contribution in [0.4, 0.5) is 11.8 Å². The minimum absolute atomic E-state index is 0.136. The Hall–Kier alpha value is -1.40. The summed E-state index contributed by atoms with van der Waals surface area (Å²) in [7, 11) is 0. The van der Waals surface area contributed by atoms with Crippen molar-refractivity contribution < 1.29 is 0 Å². The van der Waals surface area contributed by atoms with Gasteiger partial charge in [-0.05, 0) is 64.3 Å². The highest BCUT2D eigenvalue weighted by molar-refractivity contribution is 5.54. The van der Waals surface area contributed by atoms with Crippen molar-refractivity contribution in [3.8, 4) is 0 Å². The lowest BCUT2D eigenvalue weighted by Gasteiger charge is -2.41. The van der Waals surface area contributed by atoms with Crippen molar-refractivity contribution in [3.63, 3.8) is 0 Å². The SMILES string of the molecule is CCCCCCCCCNC1C(N)CCCN1c1nc2c(c(N3CCCCCC3)n1)CCCCC2. The van der Waals surface area contributed by atoms with Crippen molar-refractivity contribution in [2.24, 2.45) is 5.73 Å². The van der Waals surface area contributed by atoms with E-state index in [1.165, 1.54) is 107 Å². The molecule has 3 heterocycles. The molecule has 3 aliphatic rings. The number of rotatable bonds is 11. The van der Waals surface area contributed by atoms with Crippen LogP contribution in [0.2, 0.25) is 0 Å². The second-order valence-corrected chi connectivity index (χ2v) is 11.3. The van der Waals surface area contributed by atoms with Crippen molar-refractivity contribution in [1.82, 2.24) is 15.3 Å². The van der Waals surface area contributed by atoms with Crippen molar-refractivity contribution in [3.05, 3.63) is 11.3 Å². The van der Waals surface area contributed by atoms with E-state index < -0.39 is 0 Å². The zero-order valence-corrected chi connectivity index (χ0v) is 22.6. The summed E-state index contributed by atoms with van der Waals surface area (Å²) in [5, 5.41) is 3.83. The monoisotopic (exact) mass is 484 g/mol. The smallest absolute Gasteiger partial charge is 0.228 e. The summed E-state index contributed by atoms with van der Waals surface area (Å²) in [5.41, 5.74) is 9.46. The minimum Gasteiger partial charge on any atom is -0.356 e. The molecule has 0 spiro atoms. The van der Waals surface area contributed by atoms with Crippen LogP contribution in [-0.2, 0) is 12.8 Å². The van der Waals surface area contributed by atoms with E-state index in [0.717, 1.165) is 57.8 Å². The van der Waals surface area contributed by atoms with E-state index in [0.29, 0.717) is 0 Å². The predicted molar refractivity (Wildman–Crippen MR) is 148 cm³/mol. The molecule has 2 fully saturated rings. The Morgan fingerprint density at radius 2 is 1.51 bits per heavy atom. The third kappa shape index (κ3) is 7.55. The molecule has 6 heteroatoms. The van der Waals surface area contributed by atoms with Gasteiger partial charge in [0.05, 0.1) is 11.9 Å². The summed E-state index contributed by atoms with van der Waals surface area (Å²) in [5.74, 6) is 2.18. The molecule has 6 nitrogen and oxygen atoms in total. The van der Waals surface area contributed by atoms with Gasteiger partial charge in [0.25, 0.3) is 0 Å². The van der Waals surface area contributed by atoms with E-state index in [2.05, 4.69) is 22.0 Å². The second kappa shape index (κ2) is 14.4. The molecule has 1 aliphatic carbocycles. The molecule has 35 heavy (non-hydrogen) atoms. The molecule has 0 aromatic carbocycles. The van der Waals surface area contributed by atoms with Gasteiger partial charge in [0.1, 0.15) is 5.82 Å². The number of piperidine rings is 1. The Kier molecular flexibility index (Phi) is 10.9. The van der Waals surface area contributed by atoms with E-state index >= 15 is 0 Å². The third-order valence-corrected chi connectivity index (χ3v) is 8.37. The maximum atomic E-state index is 6.70. The maximum absolute atomic E-state index is 6.70. The first-order valence-corrected chi connectivity index (χ1v) is 15.2. The topological polar surface area (TPSA) is 70.3 Å². The molecule has 0 saturated carbocycles. The summed E-state index contributed by atoms with van der Waals surface area (Å²) in [6, 6.07) is 0.136. The van der Waals surface area contributed by atoms with Gasteiger partial charge in [-0.25, -0.2) is 4.98 Å². The van der Waals surface area contributed by atoms with Gasteiger partial charge in [0.2, 0.25) is 5.95 Å². The van der Waals surface area contributed by atoms with Gasteiger partial charge in [-0.2, -0.15) is 4.98 Å². The molecule has 4 rings (SSSR count). The Morgan fingerprint density at radius 3 is 2.31 bits per heavy atom. The van der Waals surface area contributed by atoms with Gasteiger partial charge in [0.15, 0.2) is 0 Å². The first-order chi connectivity index (χ1) is 17.3. The van der Waals surface area contributed by atoms with E-state index in [1.807, 2.05) is 0 Å². The van der Waals surface area contributed by atoms with Gasteiger partial charge in [0, 0.05) is 31.2 Å². The molecule has 2 aliphatic heterocycles. The van der Waals surface area contributed by atoms with Crippen LogP contribution in [-0.4, -0.2) is 48.4 Å². The van der Waals surface area contributed by atoms with Crippen molar-refractivity contribution in [1.29, 1.82) is 0 Å². The molecule has 1 aromatic heterocycles. The van der Waals surface area contributed by atoms with Gasteiger partial charge in [-0.15, -0.1) is 0 Å². The lowest BCUT2D eigenvalue weighted by molar-refractivity contribution is 0.339. The maximum Gasteiger partial charge on any atom is 0.228 e. The van der Waals surface area contributed by atoms with Crippen LogP contribution < -0.4 is 20.9 Å². The lowest BCUT2D eigenvalue weighted by atomic mass is 10.0. The molecular weight excluding hydrogens is 432 g/mol. The van der Waals surface area contributed by atoms with Crippen LogP contribution in [0.1, 0.15) is 121 Å². The number of aryl methyl sites for hydroxylation is 1. The molecule has 0 amide bonds. The molecule has 0 radical (unpaired) electrons. The summed E-state index contributed by atoms with van der Waals surface area (Å²) in [6.45, 7) is 6.60. The number of nitrogens with two attached hydrogens (primary N) is 1. The van der Waals surface area contributed by atoms with E-state index in [9.17, 15) is 0 Å². The van der Waals surface area contributed by atoms with Gasteiger partial charge < -0.3 is 15.5 Å². The number of nitrogens with zero attached hydrogens (tertiary/aromatic N) is 4. The molecule has 0 bridgehead atoms. The molecule has 2 saturated heterocycles. The Labute approximate surface area is 214 Å². The van der Waals surface area contributed by atoms with Crippen molar-refractivity contribution in [2.45, 2.75) is 135 Å². The van der Waals surface area contributed by atoms with Gasteiger partial charge in [-0.1, -0.05) is 64.7 Å². The fourth-order valence-electron chi connectivity index (χ4n) is 6.25. The summed E-state index contributed by atoms with van der Waals surface area (Å²) < 4.78 is 0. The normalized spacial score (nSPS) is 23.6. The molecule has 198 valence electrons. The molecule has 3 N–H and O–H groups in total. The number of nitrogens with one attached hydrogen (secondary N) is 1. The highest BCUT2D eigenvalue weighted by Crippen LogP contribution is 2.32. The van der Waals surface area contributed by atoms with E-state index in [-0.39, 0.29) is 12.2 Å². The Morgan fingerprint density at radius 1 is 0.800 bits per heavy atom. The van der Waals surface area contributed by atoms with Crippen LogP contribution in [0.5, 0.6) is 0 Å². The quantitative estimate of drug-likeness (QED) is 0.309. The molecule has 2 unspecified atom stereocenters. The number of anilines is 2. The lowest BCUT2D eigenvalue weighted by Crippen LogP contribution is -2.60. The average molecular weight is 485 g/mol.